The fourth-order valence-electron chi connectivity index (χ4n) is 7.66. The molecule has 0 aliphatic rings. The Morgan fingerprint density at radius 3 is 0.923 bits per heavy atom. The third-order valence-corrected chi connectivity index (χ3v) is 11.3. The molecule has 0 bridgehead atoms. The predicted molar refractivity (Wildman–Crippen MR) is 229 cm³/mol. The first-order valence-corrected chi connectivity index (χ1v) is 24.0. The highest BCUT2D eigenvalue weighted by molar-refractivity contribution is 5.72. The van der Waals surface area contributed by atoms with Gasteiger partial charge in [-0.3, -0.25) is 4.79 Å². The maximum atomic E-state index is 13.0. The molecule has 0 aliphatic heterocycles. The largest absolute Gasteiger partial charge is 0.465 e. The molecule has 0 unspecified atom stereocenters. The molecule has 0 atom stereocenters. The number of hydrogen-bond acceptors (Lipinski definition) is 4. The van der Waals surface area contributed by atoms with E-state index in [9.17, 15) is 4.79 Å². The topological polar surface area (TPSA) is 44.8 Å². The number of esters is 1. The van der Waals surface area contributed by atoms with Crippen molar-refractivity contribution in [2.24, 2.45) is 5.92 Å². The van der Waals surface area contributed by atoms with Crippen LogP contribution in [0.1, 0.15) is 264 Å². The number of hydrogen-bond donors (Lipinski definition) is 0. The predicted octanol–water partition coefficient (Wildman–Crippen LogP) is 16.1. The van der Waals surface area contributed by atoms with E-state index in [0.29, 0.717) is 26.4 Å². The molecule has 0 aromatic rings. The molecule has 0 heterocycles. The van der Waals surface area contributed by atoms with Gasteiger partial charge in [-0.05, 0) is 12.8 Å². The van der Waals surface area contributed by atoms with Crippen molar-refractivity contribution in [2.75, 3.05) is 33.5 Å². The van der Waals surface area contributed by atoms with E-state index in [1.165, 1.54) is 218 Å². The minimum absolute atomic E-state index is 0.0378. The van der Waals surface area contributed by atoms with E-state index in [1.807, 2.05) is 0 Å². The lowest BCUT2D eigenvalue weighted by Gasteiger charge is -2.16. The Kier molecular flexibility index (Phi) is 46.0. The molecule has 0 fully saturated rings. The molecule has 0 radical (unpaired) electrons. The monoisotopic (exact) mass is 737 g/mol. The summed E-state index contributed by atoms with van der Waals surface area (Å²) in [6.45, 7) is 6.91. The summed E-state index contributed by atoms with van der Waals surface area (Å²) in [4.78, 5) is 13.0. The van der Waals surface area contributed by atoms with E-state index < -0.39 is 0 Å². The molecule has 0 spiro atoms. The van der Waals surface area contributed by atoms with E-state index in [4.69, 9.17) is 14.2 Å². The zero-order chi connectivity index (χ0) is 37.7. The summed E-state index contributed by atoms with van der Waals surface area (Å²) in [5.41, 5.74) is 0. The molecular formula is C48H96O4. The zero-order valence-corrected chi connectivity index (χ0v) is 36.1. The average molecular weight is 737 g/mol. The highest BCUT2D eigenvalue weighted by atomic mass is 16.5. The molecule has 4 heteroatoms. The summed E-state index contributed by atoms with van der Waals surface area (Å²) < 4.78 is 16.3. The second-order valence-electron chi connectivity index (χ2n) is 16.4. The van der Waals surface area contributed by atoms with Gasteiger partial charge in [0.2, 0.25) is 0 Å². The number of rotatable bonds is 46. The van der Waals surface area contributed by atoms with Crippen LogP contribution >= 0.6 is 0 Å². The summed E-state index contributed by atoms with van der Waals surface area (Å²) in [7, 11) is 1.69. The van der Waals surface area contributed by atoms with Crippen LogP contribution in [0.2, 0.25) is 0 Å². The number of unbranched alkanes of at least 4 members (excludes halogenated alkanes) is 34. The molecule has 0 aromatic heterocycles. The van der Waals surface area contributed by atoms with E-state index in [0.717, 1.165) is 32.1 Å². The Balaban J connectivity index is 3.91. The first-order valence-electron chi connectivity index (χ1n) is 24.0. The van der Waals surface area contributed by atoms with Crippen LogP contribution in [0, 0.1) is 5.92 Å². The van der Waals surface area contributed by atoms with Crippen molar-refractivity contribution in [3.05, 3.63) is 0 Å². The Labute approximate surface area is 327 Å². The van der Waals surface area contributed by atoms with Gasteiger partial charge < -0.3 is 14.2 Å². The van der Waals surface area contributed by atoms with Crippen molar-refractivity contribution in [1.82, 2.24) is 0 Å². The van der Waals surface area contributed by atoms with Gasteiger partial charge in [0.25, 0.3) is 0 Å². The summed E-state index contributed by atoms with van der Waals surface area (Å²) in [6.07, 6.45) is 53.0. The van der Waals surface area contributed by atoms with Crippen LogP contribution < -0.4 is 0 Å². The van der Waals surface area contributed by atoms with Crippen molar-refractivity contribution in [3.63, 3.8) is 0 Å². The minimum Gasteiger partial charge on any atom is -0.465 e. The van der Waals surface area contributed by atoms with E-state index in [1.54, 1.807) is 7.11 Å². The fourth-order valence-corrected chi connectivity index (χ4v) is 7.66. The fraction of sp³-hybridized carbons (Fsp3) is 0.979. The van der Waals surface area contributed by atoms with Crippen LogP contribution in [-0.2, 0) is 19.0 Å². The van der Waals surface area contributed by atoms with Gasteiger partial charge >= 0.3 is 5.97 Å². The Bertz CT molecular complexity index is 612. The van der Waals surface area contributed by atoms with Gasteiger partial charge in [0.1, 0.15) is 0 Å². The molecule has 0 amide bonds. The standard InChI is InChI=1S/C48H96O4/c1-4-6-8-10-12-14-16-18-20-22-24-26-28-30-32-34-36-38-41-47(48(49)52-44-40-43-51-46-45-50-3)42-39-37-35-33-31-29-27-25-23-21-19-17-15-13-11-9-7-5-2/h47H,4-46H2,1-3H3. The smallest absolute Gasteiger partial charge is 0.308 e. The van der Waals surface area contributed by atoms with Gasteiger partial charge in [0.05, 0.1) is 25.7 Å². The van der Waals surface area contributed by atoms with Gasteiger partial charge in [-0.2, -0.15) is 0 Å². The van der Waals surface area contributed by atoms with Crippen LogP contribution in [0.5, 0.6) is 0 Å². The maximum absolute atomic E-state index is 13.0. The lowest BCUT2D eigenvalue weighted by Crippen LogP contribution is -2.19. The summed E-state index contributed by atoms with van der Waals surface area (Å²) >= 11 is 0. The highest BCUT2D eigenvalue weighted by Gasteiger charge is 2.19. The number of carbonyl (C=O) groups is 1. The van der Waals surface area contributed by atoms with Gasteiger partial charge in [-0.25, -0.2) is 0 Å². The molecule has 4 nitrogen and oxygen atoms in total. The van der Waals surface area contributed by atoms with Crippen molar-refractivity contribution < 1.29 is 19.0 Å². The first kappa shape index (κ1) is 51.4. The van der Waals surface area contributed by atoms with Crippen molar-refractivity contribution >= 4 is 5.97 Å². The SMILES string of the molecule is CCCCCCCCCCCCCCCCCCCCC(CCCCCCCCCCCCCCCCCCCC)C(=O)OCCCOCCOC. The quantitative estimate of drug-likeness (QED) is 0.0461. The lowest BCUT2D eigenvalue weighted by molar-refractivity contribution is -0.149. The summed E-state index contributed by atoms with van der Waals surface area (Å²) in [6, 6.07) is 0. The Morgan fingerprint density at radius 2 is 0.635 bits per heavy atom. The van der Waals surface area contributed by atoms with Gasteiger partial charge in [-0.15, -0.1) is 0 Å². The molecule has 312 valence electrons. The van der Waals surface area contributed by atoms with Gasteiger partial charge in [0, 0.05) is 20.1 Å². The van der Waals surface area contributed by atoms with E-state index in [-0.39, 0.29) is 11.9 Å². The zero-order valence-electron chi connectivity index (χ0n) is 36.1. The molecule has 0 aliphatic carbocycles. The van der Waals surface area contributed by atoms with Crippen molar-refractivity contribution in [2.45, 2.75) is 264 Å². The first-order chi connectivity index (χ1) is 25.8. The van der Waals surface area contributed by atoms with Crippen molar-refractivity contribution in [1.29, 1.82) is 0 Å². The van der Waals surface area contributed by atoms with Gasteiger partial charge in [0.15, 0.2) is 0 Å². The molecule has 0 rings (SSSR count). The number of ether oxygens (including phenoxy) is 3. The van der Waals surface area contributed by atoms with Gasteiger partial charge in [-0.1, -0.05) is 245 Å². The van der Waals surface area contributed by atoms with E-state index in [2.05, 4.69) is 13.8 Å². The van der Waals surface area contributed by atoms with Crippen LogP contribution in [0.3, 0.4) is 0 Å². The Morgan fingerprint density at radius 1 is 0.346 bits per heavy atom. The molecular weight excluding hydrogens is 641 g/mol. The molecule has 0 aromatic carbocycles. The Hall–Kier alpha value is -0.610. The normalized spacial score (nSPS) is 11.6. The number of carbonyl (C=O) groups excluding carboxylic acids is 1. The van der Waals surface area contributed by atoms with Crippen LogP contribution in [0.15, 0.2) is 0 Å². The van der Waals surface area contributed by atoms with Crippen molar-refractivity contribution in [3.8, 4) is 0 Å². The second kappa shape index (κ2) is 46.5. The highest BCUT2D eigenvalue weighted by Crippen LogP contribution is 2.22. The number of methoxy groups -OCH3 is 1. The van der Waals surface area contributed by atoms with E-state index >= 15 is 0 Å². The lowest BCUT2D eigenvalue weighted by atomic mass is 9.94. The maximum Gasteiger partial charge on any atom is 0.308 e. The third-order valence-electron chi connectivity index (χ3n) is 11.3. The third kappa shape index (κ3) is 42.1. The molecule has 0 saturated carbocycles. The molecule has 0 N–H and O–H groups in total. The van der Waals surface area contributed by atoms with Crippen LogP contribution in [-0.4, -0.2) is 39.5 Å². The minimum atomic E-state index is 0.0378. The van der Waals surface area contributed by atoms with Crippen LogP contribution in [0.4, 0.5) is 0 Å². The van der Waals surface area contributed by atoms with Crippen LogP contribution in [0.25, 0.3) is 0 Å². The molecule has 0 saturated heterocycles. The average Bonchev–Trinajstić information content (AvgIpc) is 3.15. The summed E-state index contributed by atoms with van der Waals surface area (Å²) in [5, 5.41) is 0. The molecule has 52 heavy (non-hydrogen) atoms. The summed E-state index contributed by atoms with van der Waals surface area (Å²) in [5.74, 6) is 0.118. The second-order valence-corrected chi connectivity index (χ2v) is 16.4.